The summed E-state index contributed by atoms with van der Waals surface area (Å²) in [4.78, 5) is 40.1. The maximum absolute atomic E-state index is 13.0. The number of carbonyl (C=O) groups is 2. The van der Waals surface area contributed by atoms with Gasteiger partial charge >= 0.3 is 5.97 Å². The van der Waals surface area contributed by atoms with Crippen LogP contribution in [0.1, 0.15) is 23.0 Å². The average molecular weight is 535 g/mol. The summed E-state index contributed by atoms with van der Waals surface area (Å²) in [6, 6.07) is 10.1. The molecule has 0 bridgehead atoms. The van der Waals surface area contributed by atoms with Crippen molar-refractivity contribution in [2.75, 3.05) is 6.61 Å². The molecule has 0 atom stereocenters. The molecule has 0 saturated carbocycles. The first-order valence-electron chi connectivity index (χ1n) is 10.2. The van der Waals surface area contributed by atoms with Gasteiger partial charge in [0, 0.05) is 28.8 Å². The molecule has 14 heteroatoms. The van der Waals surface area contributed by atoms with Crippen LogP contribution in [0.15, 0.2) is 52.4 Å². The first-order valence-corrected chi connectivity index (χ1v) is 13.3. The molecule has 4 aromatic rings. The minimum atomic E-state index is -3.94. The fourth-order valence-electron chi connectivity index (χ4n) is 3.36. The number of fused-ring (bicyclic) bond motifs is 2. The zero-order valence-electron chi connectivity index (χ0n) is 18.2. The van der Waals surface area contributed by atoms with Crippen molar-refractivity contribution in [2.24, 2.45) is 10.1 Å². The molecule has 0 saturated heterocycles. The number of nitro groups is 1. The molecule has 35 heavy (non-hydrogen) atoms. The van der Waals surface area contributed by atoms with E-state index in [4.69, 9.17) is 9.88 Å². The Morgan fingerprint density at radius 1 is 1.14 bits per heavy atom. The second kappa shape index (κ2) is 9.65. The third-order valence-electron chi connectivity index (χ3n) is 4.95. The molecule has 0 fully saturated rings. The lowest BCUT2D eigenvalue weighted by atomic mass is 10.2. The van der Waals surface area contributed by atoms with Crippen LogP contribution in [0.25, 0.3) is 20.3 Å². The number of non-ortho nitro benzene ring substituents is 1. The smallest absolute Gasteiger partial charge is 0.307 e. The number of amides is 1. The Labute approximate surface area is 206 Å². The van der Waals surface area contributed by atoms with Gasteiger partial charge in [0.2, 0.25) is 10.0 Å². The monoisotopic (exact) mass is 534 g/mol. The third kappa shape index (κ3) is 5.30. The van der Waals surface area contributed by atoms with Crippen LogP contribution in [0.5, 0.6) is 0 Å². The molecule has 0 spiro atoms. The van der Waals surface area contributed by atoms with Gasteiger partial charge < -0.3 is 9.30 Å². The first-order chi connectivity index (χ1) is 16.6. The predicted molar refractivity (Wildman–Crippen MR) is 131 cm³/mol. The highest BCUT2D eigenvalue weighted by atomic mass is 32.2. The van der Waals surface area contributed by atoms with Crippen LogP contribution in [0.4, 0.5) is 5.69 Å². The number of thiazole rings is 1. The fourth-order valence-corrected chi connectivity index (χ4v) is 6.00. The zero-order valence-corrected chi connectivity index (χ0v) is 20.6. The van der Waals surface area contributed by atoms with Crippen molar-refractivity contribution >= 4 is 70.6 Å². The molecule has 4 rings (SSSR count). The summed E-state index contributed by atoms with van der Waals surface area (Å²) in [5, 5.41) is 16.8. The Morgan fingerprint density at radius 3 is 2.60 bits per heavy atom. The van der Waals surface area contributed by atoms with Crippen LogP contribution in [0, 0.1) is 10.1 Å². The van der Waals surface area contributed by atoms with Crippen molar-refractivity contribution in [1.82, 2.24) is 4.57 Å². The molecule has 1 amide bonds. The van der Waals surface area contributed by atoms with Gasteiger partial charge in [-0.2, -0.15) is 4.99 Å². The van der Waals surface area contributed by atoms with Gasteiger partial charge in [-0.3, -0.25) is 19.7 Å². The van der Waals surface area contributed by atoms with Crippen LogP contribution in [-0.4, -0.2) is 36.4 Å². The number of nitrogens with two attached hydrogens (primary N) is 1. The number of thiophene rings is 1. The van der Waals surface area contributed by atoms with E-state index in [0.717, 1.165) is 22.7 Å². The highest BCUT2D eigenvalue weighted by Gasteiger charge is 2.17. The number of primary sulfonamides is 1. The summed E-state index contributed by atoms with van der Waals surface area (Å²) < 4.78 is 31.4. The normalized spacial score (nSPS) is 12.3. The quantitative estimate of drug-likeness (QED) is 0.216. The van der Waals surface area contributed by atoms with Crippen LogP contribution in [0.3, 0.4) is 0 Å². The molecule has 0 unspecified atom stereocenters. The summed E-state index contributed by atoms with van der Waals surface area (Å²) in [5.74, 6) is -0.999. The number of ether oxygens (including phenoxy) is 1. The molecular formula is C21H18N4O7S3. The number of nitrogens with zero attached hydrogens (tertiary/aromatic N) is 3. The molecule has 0 aliphatic heterocycles. The number of aryl methyl sites for hydroxylation is 1. The van der Waals surface area contributed by atoms with Crippen LogP contribution in [0.2, 0.25) is 0 Å². The molecule has 2 aromatic carbocycles. The van der Waals surface area contributed by atoms with Crippen molar-refractivity contribution in [3.63, 3.8) is 0 Å². The maximum Gasteiger partial charge on any atom is 0.307 e. The number of sulfonamides is 1. The lowest BCUT2D eigenvalue weighted by Crippen LogP contribution is -2.19. The maximum atomic E-state index is 13.0. The molecule has 11 nitrogen and oxygen atoms in total. The lowest BCUT2D eigenvalue weighted by Gasteiger charge is -2.06. The molecule has 2 aromatic heterocycles. The van der Waals surface area contributed by atoms with Crippen molar-refractivity contribution in [3.8, 4) is 0 Å². The highest BCUT2D eigenvalue weighted by Crippen LogP contribution is 2.29. The molecule has 182 valence electrons. The van der Waals surface area contributed by atoms with E-state index in [1.165, 1.54) is 30.3 Å². The van der Waals surface area contributed by atoms with E-state index >= 15 is 0 Å². The summed E-state index contributed by atoms with van der Waals surface area (Å²) in [7, 11) is -3.94. The van der Waals surface area contributed by atoms with Gasteiger partial charge in [0.25, 0.3) is 11.6 Å². The van der Waals surface area contributed by atoms with E-state index in [-0.39, 0.29) is 39.8 Å². The number of nitro benzene ring substituents is 1. The lowest BCUT2D eigenvalue weighted by molar-refractivity contribution is -0.384. The van der Waals surface area contributed by atoms with Gasteiger partial charge in [-0.25, -0.2) is 13.6 Å². The number of esters is 1. The van der Waals surface area contributed by atoms with Gasteiger partial charge in [0.05, 0.1) is 37.9 Å². The van der Waals surface area contributed by atoms with Crippen LogP contribution < -0.4 is 9.94 Å². The summed E-state index contributed by atoms with van der Waals surface area (Å²) >= 11 is 2.22. The van der Waals surface area contributed by atoms with E-state index in [1.54, 1.807) is 23.6 Å². The van der Waals surface area contributed by atoms with Crippen LogP contribution in [-0.2, 0) is 26.1 Å². The van der Waals surface area contributed by atoms with Crippen molar-refractivity contribution in [1.29, 1.82) is 0 Å². The second-order valence-corrected chi connectivity index (χ2v) is 10.9. The number of hydrogen-bond donors (Lipinski definition) is 1. The van der Waals surface area contributed by atoms with E-state index < -0.39 is 26.8 Å². The SMILES string of the molecule is CCOC(=O)CCn1c(=NC(=O)c2cc3cc([N+](=O)[O-])ccc3s2)sc2cc(S(N)(=O)=O)ccc21. The largest absolute Gasteiger partial charge is 0.466 e. The van der Waals surface area contributed by atoms with Crippen molar-refractivity contribution in [2.45, 2.75) is 24.8 Å². The van der Waals surface area contributed by atoms with Gasteiger partial charge in [-0.15, -0.1) is 11.3 Å². The summed E-state index contributed by atoms with van der Waals surface area (Å²) in [6.45, 7) is 2.07. The number of benzene rings is 2. The van der Waals surface area contributed by atoms with Gasteiger partial charge in [0.15, 0.2) is 4.80 Å². The minimum absolute atomic E-state index is 0.0184. The Kier molecular flexibility index (Phi) is 6.80. The molecular weight excluding hydrogens is 516 g/mol. The predicted octanol–water partition coefficient (Wildman–Crippen LogP) is 3.17. The Balaban J connectivity index is 1.79. The number of aromatic nitrogens is 1. The third-order valence-corrected chi connectivity index (χ3v) is 8.00. The summed E-state index contributed by atoms with van der Waals surface area (Å²) in [6.07, 6.45) is 0.0184. The standard InChI is InChI=1S/C21H18N4O7S3/c1-2-32-19(26)7-8-24-15-5-4-14(35(22,30)31)11-17(15)34-21(24)23-20(27)18-10-12-9-13(25(28)29)3-6-16(12)33-18/h3-6,9-11H,2,7-8H2,1H3,(H2,22,30,31). The zero-order chi connectivity index (χ0) is 25.3. The minimum Gasteiger partial charge on any atom is -0.466 e. The van der Waals surface area contributed by atoms with Crippen LogP contribution >= 0.6 is 22.7 Å². The molecule has 0 aliphatic carbocycles. The van der Waals surface area contributed by atoms with E-state index in [1.807, 2.05) is 0 Å². The molecule has 2 heterocycles. The van der Waals surface area contributed by atoms with Crippen molar-refractivity contribution < 1.29 is 27.7 Å². The fraction of sp³-hybridized carbons (Fsp3) is 0.190. The van der Waals surface area contributed by atoms with Gasteiger partial charge in [0.1, 0.15) is 0 Å². The second-order valence-electron chi connectivity index (χ2n) is 7.27. The van der Waals surface area contributed by atoms with E-state index in [2.05, 4.69) is 4.99 Å². The summed E-state index contributed by atoms with van der Waals surface area (Å²) in [5.41, 5.74) is 0.489. The first kappa shape index (κ1) is 24.7. The Hall–Kier alpha value is -3.46. The van der Waals surface area contributed by atoms with Gasteiger partial charge in [-0.1, -0.05) is 11.3 Å². The molecule has 2 N–H and O–H groups in total. The number of hydrogen-bond acceptors (Lipinski definition) is 9. The number of rotatable bonds is 7. The van der Waals surface area contributed by atoms with Gasteiger partial charge in [-0.05, 0) is 37.3 Å². The average Bonchev–Trinajstić information content (AvgIpc) is 3.37. The topological polar surface area (TPSA) is 164 Å². The Morgan fingerprint density at radius 2 is 1.91 bits per heavy atom. The van der Waals surface area contributed by atoms with E-state index in [9.17, 15) is 28.1 Å². The highest BCUT2D eigenvalue weighted by molar-refractivity contribution is 7.89. The molecule has 0 radical (unpaired) electrons. The Bertz CT molecular complexity index is 1670. The van der Waals surface area contributed by atoms with Crippen molar-refractivity contribution in [3.05, 3.63) is 62.3 Å². The number of carbonyl (C=O) groups excluding carboxylic acids is 2. The van der Waals surface area contributed by atoms with E-state index in [0.29, 0.717) is 20.3 Å². The molecule has 0 aliphatic rings.